The lowest BCUT2D eigenvalue weighted by atomic mass is 10.2. The molecule has 0 unspecified atom stereocenters. The Morgan fingerprint density at radius 1 is 1.12 bits per heavy atom. The highest BCUT2D eigenvalue weighted by Gasteiger charge is 2.08. The van der Waals surface area contributed by atoms with Gasteiger partial charge < -0.3 is 0 Å². The molecule has 3 rings (SSSR count). The Balaban J connectivity index is 2.35. The monoisotopic (exact) mass is 244 g/mol. The Kier molecular flexibility index (Phi) is 2.30. The Morgan fingerprint density at radius 2 is 1.94 bits per heavy atom. The zero-order valence-electron chi connectivity index (χ0n) is 9.13. The molecule has 2 heterocycles. The minimum atomic E-state index is 0.229. The average Bonchev–Trinajstić information content (AvgIpc) is 2.74. The highest BCUT2D eigenvalue weighted by molar-refractivity contribution is 6.28. The molecule has 0 radical (unpaired) electrons. The summed E-state index contributed by atoms with van der Waals surface area (Å²) >= 11 is 5.92. The summed E-state index contributed by atoms with van der Waals surface area (Å²) in [4.78, 5) is 8.42. The van der Waals surface area contributed by atoms with Crippen LogP contribution in [-0.4, -0.2) is 19.7 Å². The summed E-state index contributed by atoms with van der Waals surface area (Å²) in [6, 6.07) is 9.65. The zero-order valence-corrected chi connectivity index (χ0v) is 9.89. The lowest BCUT2D eigenvalue weighted by Gasteiger charge is -2.05. The second kappa shape index (κ2) is 3.82. The first-order valence-corrected chi connectivity index (χ1v) is 5.57. The predicted molar refractivity (Wildman–Crippen MR) is 66.4 cm³/mol. The molecule has 84 valence electrons. The maximum atomic E-state index is 5.92. The number of para-hydroxylation sites is 1. The number of benzene rings is 1. The van der Waals surface area contributed by atoms with E-state index in [0.29, 0.717) is 5.82 Å². The summed E-state index contributed by atoms with van der Waals surface area (Å²) in [7, 11) is 0. The van der Waals surface area contributed by atoms with Gasteiger partial charge in [0.15, 0.2) is 5.82 Å². The van der Waals surface area contributed by atoms with E-state index in [9.17, 15) is 0 Å². The fourth-order valence-corrected chi connectivity index (χ4v) is 1.91. The number of nitrogens with zero attached hydrogens (tertiary/aromatic N) is 4. The van der Waals surface area contributed by atoms with Crippen molar-refractivity contribution in [2.24, 2.45) is 0 Å². The predicted octanol–water partition coefficient (Wildman–Crippen LogP) is 2.78. The van der Waals surface area contributed by atoms with Crippen molar-refractivity contribution in [3.63, 3.8) is 0 Å². The van der Waals surface area contributed by atoms with E-state index in [0.717, 1.165) is 16.6 Å². The van der Waals surface area contributed by atoms with E-state index in [-0.39, 0.29) is 5.28 Å². The number of fused-ring (bicyclic) bond motifs is 1. The van der Waals surface area contributed by atoms with Crippen LogP contribution in [0, 0.1) is 6.92 Å². The Morgan fingerprint density at radius 3 is 2.71 bits per heavy atom. The molecular weight excluding hydrogens is 236 g/mol. The third-order valence-electron chi connectivity index (χ3n) is 2.50. The van der Waals surface area contributed by atoms with Crippen molar-refractivity contribution in [3.8, 4) is 5.82 Å². The minimum absolute atomic E-state index is 0.229. The van der Waals surface area contributed by atoms with Gasteiger partial charge in [0.1, 0.15) is 0 Å². The molecular formula is C12H9ClN4. The fourth-order valence-electron chi connectivity index (χ4n) is 1.74. The third-order valence-corrected chi connectivity index (χ3v) is 2.66. The summed E-state index contributed by atoms with van der Waals surface area (Å²) in [5.41, 5.74) is 1.75. The van der Waals surface area contributed by atoms with E-state index in [1.54, 1.807) is 4.68 Å². The van der Waals surface area contributed by atoms with Crippen LogP contribution < -0.4 is 0 Å². The first-order valence-electron chi connectivity index (χ1n) is 5.19. The van der Waals surface area contributed by atoms with Crippen molar-refractivity contribution in [2.45, 2.75) is 6.92 Å². The summed E-state index contributed by atoms with van der Waals surface area (Å²) < 4.78 is 1.71. The summed E-state index contributed by atoms with van der Waals surface area (Å²) in [6.45, 7) is 1.93. The molecule has 1 aromatic carbocycles. The molecule has 2 aromatic heterocycles. The Labute approximate surface area is 103 Å². The van der Waals surface area contributed by atoms with Crippen LogP contribution >= 0.6 is 11.6 Å². The van der Waals surface area contributed by atoms with E-state index in [1.807, 2.05) is 43.5 Å². The van der Waals surface area contributed by atoms with Crippen LogP contribution in [0.1, 0.15) is 5.69 Å². The van der Waals surface area contributed by atoms with Crippen LogP contribution in [0.3, 0.4) is 0 Å². The summed E-state index contributed by atoms with van der Waals surface area (Å²) in [6.07, 6.45) is 1.86. The maximum absolute atomic E-state index is 5.92. The van der Waals surface area contributed by atoms with Crippen molar-refractivity contribution in [3.05, 3.63) is 47.5 Å². The van der Waals surface area contributed by atoms with E-state index < -0.39 is 0 Å². The highest BCUT2D eigenvalue weighted by atomic mass is 35.5. The second-order valence-corrected chi connectivity index (χ2v) is 4.07. The van der Waals surface area contributed by atoms with E-state index >= 15 is 0 Å². The lowest BCUT2D eigenvalue weighted by Crippen LogP contribution is -2.01. The van der Waals surface area contributed by atoms with Crippen molar-refractivity contribution < 1.29 is 0 Å². The number of hydrogen-bond donors (Lipinski definition) is 0. The van der Waals surface area contributed by atoms with Gasteiger partial charge in [-0.1, -0.05) is 12.1 Å². The SMILES string of the molecule is Cc1ccn(-c2nc(Cl)nc3ccccc23)n1. The molecule has 0 bridgehead atoms. The van der Waals surface area contributed by atoms with Crippen molar-refractivity contribution in [2.75, 3.05) is 0 Å². The molecule has 3 aromatic rings. The smallest absolute Gasteiger partial charge is 0.222 e. The van der Waals surface area contributed by atoms with Crippen LogP contribution in [0.25, 0.3) is 16.7 Å². The standard InChI is InChI=1S/C12H9ClN4/c1-8-6-7-17(16-8)11-9-4-2-3-5-10(9)14-12(13)15-11/h2-7H,1H3. The summed E-state index contributed by atoms with van der Waals surface area (Å²) in [5.74, 6) is 0.703. The normalized spacial score (nSPS) is 10.9. The fraction of sp³-hybridized carbons (Fsp3) is 0.0833. The lowest BCUT2D eigenvalue weighted by molar-refractivity contribution is 0.836. The Hall–Kier alpha value is -1.94. The first-order chi connectivity index (χ1) is 8.24. The van der Waals surface area contributed by atoms with Crippen LogP contribution in [-0.2, 0) is 0 Å². The van der Waals surface area contributed by atoms with Crippen LogP contribution in [0.2, 0.25) is 5.28 Å². The molecule has 0 fully saturated rings. The van der Waals surface area contributed by atoms with Crippen molar-refractivity contribution in [1.29, 1.82) is 0 Å². The maximum Gasteiger partial charge on any atom is 0.224 e. The molecule has 0 spiro atoms. The molecule has 17 heavy (non-hydrogen) atoms. The first kappa shape index (κ1) is 10.2. The highest BCUT2D eigenvalue weighted by Crippen LogP contribution is 2.20. The van der Waals surface area contributed by atoms with Gasteiger partial charge in [0.05, 0.1) is 11.2 Å². The molecule has 0 aliphatic carbocycles. The van der Waals surface area contributed by atoms with Gasteiger partial charge in [-0.15, -0.1) is 0 Å². The molecule has 0 N–H and O–H groups in total. The van der Waals surface area contributed by atoms with Gasteiger partial charge >= 0.3 is 0 Å². The molecule has 0 saturated heterocycles. The molecule has 4 nitrogen and oxygen atoms in total. The Bertz CT molecular complexity index is 690. The van der Waals surface area contributed by atoms with Gasteiger partial charge in [-0.2, -0.15) is 10.1 Å². The van der Waals surface area contributed by atoms with Crippen LogP contribution in [0.15, 0.2) is 36.5 Å². The molecule has 5 heteroatoms. The molecule has 0 aliphatic heterocycles. The number of aromatic nitrogens is 4. The van der Waals surface area contributed by atoms with Crippen molar-refractivity contribution >= 4 is 22.5 Å². The molecule has 0 saturated carbocycles. The van der Waals surface area contributed by atoms with Crippen molar-refractivity contribution in [1.82, 2.24) is 19.7 Å². The van der Waals surface area contributed by atoms with Gasteiger partial charge in [-0.05, 0) is 36.7 Å². The second-order valence-electron chi connectivity index (χ2n) is 3.74. The number of aryl methyl sites for hydroxylation is 1. The van der Waals surface area contributed by atoms with E-state index in [2.05, 4.69) is 15.1 Å². The topological polar surface area (TPSA) is 43.6 Å². The zero-order chi connectivity index (χ0) is 11.8. The van der Waals surface area contributed by atoms with Crippen LogP contribution in [0.4, 0.5) is 0 Å². The minimum Gasteiger partial charge on any atom is -0.222 e. The number of hydrogen-bond acceptors (Lipinski definition) is 3. The van der Waals surface area contributed by atoms with Gasteiger partial charge in [0, 0.05) is 11.6 Å². The number of rotatable bonds is 1. The van der Waals surface area contributed by atoms with E-state index in [1.165, 1.54) is 0 Å². The average molecular weight is 245 g/mol. The van der Waals surface area contributed by atoms with Gasteiger partial charge in [-0.25, -0.2) is 9.67 Å². The van der Waals surface area contributed by atoms with Crippen LogP contribution in [0.5, 0.6) is 0 Å². The summed E-state index contributed by atoms with van der Waals surface area (Å²) in [5, 5.41) is 5.50. The van der Waals surface area contributed by atoms with Gasteiger partial charge in [0.25, 0.3) is 0 Å². The number of halogens is 1. The third kappa shape index (κ3) is 1.76. The molecule has 0 amide bonds. The van der Waals surface area contributed by atoms with Gasteiger partial charge in [0.2, 0.25) is 5.28 Å². The quantitative estimate of drug-likeness (QED) is 0.618. The van der Waals surface area contributed by atoms with Gasteiger partial charge in [-0.3, -0.25) is 0 Å². The van der Waals surface area contributed by atoms with E-state index in [4.69, 9.17) is 11.6 Å². The largest absolute Gasteiger partial charge is 0.224 e. The molecule has 0 aliphatic rings. The molecule has 0 atom stereocenters.